The van der Waals surface area contributed by atoms with E-state index in [4.69, 9.17) is 20.4 Å². The van der Waals surface area contributed by atoms with Gasteiger partial charge in [-0.05, 0) is 25.9 Å². The largest absolute Gasteiger partial charge is 0.481 e. The quantitative estimate of drug-likeness (QED) is 0.297. The molecule has 1 heterocycles. The van der Waals surface area contributed by atoms with E-state index < -0.39 is 29.9 Å². The van der Waals surface area contributed by atoms with Gasteiger partial charge in [0.05, 0.1) is 26.1 Å². The first kappa shape index (κ1) is 25.8. The minimum absolute atomic E-state index is 0.161. The molecular weight excluding hydrogens is 400 g/mol. The van der Waals surface area contributed by atoms with E-state index in [1.807, 2.05) is 0 Å². The molecule has 30 heavy (non-hydrogen) atoms. The average molecular weight is 432 g/mol. The fourth-order valence-corrected chi connectivity index (χ4v) is 3.48. The van der Waals surface area contributed by atoms with Crippen LogP contribution in [-0.4, -0.2) is 130 Å². The molecule has 1 aliphatic rings. The van der Waals surface area contributed by atoms with Gasteiger partial charge in [-0.1, -0.05) is 0 Å². The molecule has 172 valence electrons. The van der Waals surface area contributed by atoms with E-state index in [0.29, 0.717) is 52.1 Å². The number of hydrogen-bond donors (Lipinski definition) is 5. The summed E-state index contributed by atoms with van der Waals surface area (Å²) in [5.74, 6) is -3.98. The summed E-state index contributed by atoms with van der Waals surface area (Å²) in [6, 6.07) is -0.451. The van der Waals surface area contributed by atoms with Crippen LogP contribution in [0.5, 0.6) is 0 Å². The van der Waals surface area contributed by atoms with Crippen LogP contribution in [0.2, 0.25) is 0 Å². The molecule has 0 aromatic rings. The lowest BCUT2D eigenvalue weighted by molar-refractivity contribution is -0.140. The molecule has 0 aromatic heterocycles. The highest BCUT2D eigenvalue weighted by Crippen LogP contribution is 2.04. The summed E-state index contributed by atoms with van der Waals surface area (Å²) >= 11 is 0. The predicted octanol–water partition coefficient (Wildman–Crippen LogP) is -1.63. The van der Waals surface area contributed by atoms with Crippen molar-refractivity contribution in [3.05, 3.63) is 0 Å². The van der Waals surface area contributed by atoms with Crippen LogP contribution in [0.3, 0.4) is 0 Å². The van der Waals surface area contributed by atoms with Crippen LogP contribution in [0.15, 0.2) is 0 Å². The summed E-state index contributed by atoms with van der Waals surface area (Å²) in [6.45, 7) is 2.10. The first-order valence-corrected chi connectivity index (χ1v) is 9.93. The van der Waals surface area contributed by atoms with Crippen LogP contribution in [0, 0.1) is 0 Å². The summed E-state index contributed by atoms with van der Waals surface area (Å²) in [4.78, 5) is 49.7. The normalized spacial score (nSPS) is 21.5. The van der Waals surface area contributed by atoms with Gasteiger partial charge in [0.25, 0.3) is 0 Å². The average Bonchev–Trinajstić information content (AvgIpc) is 2.59. The zero-order valence-corrected chi connectivity index (χ0v) is 17.0. The molecule has 5 N–H and O–H groups in total. The highest BCUT2D eigenvalue weighted by Gasteiger charge is 2.21. The van der Waals surface area contributed by atoms with Gasteiger partial charge in [0.2, 0.25) is 0 Å². The second-order valence-electron chi connectivity index (χ2n) is 7.42. The lowest BCUT2D eigenvalue weighted by Crippen LogP contribution is -2.47. The lowest BCUT2D eigenvalue weighted by Gasteiger charge is -2.30. The fourth-order valence-electron chi connectivity index (χ4n) is 3.48. The Bertz CT molecular complexity index is 589. The van der Waals surface area contributed by atoms with Gasteiger partial charge in [0.1, 0.15) is 0 Å². The van der Waals surface area contributed by atoms with E-state index >= 15 is 0 Å². The maximum absolute atomic E-state index is 11.2. The maximum Gasteiger partial charge on any atom is 0.317 e. The number of carbonyl (C=O) groups is 4. The number of carboxylic acid groups (broad SMARTS) is 4. The molecule has 12 heteroatoms. The van der Waals surface area contributed by atoms with Crippen LogP contribution in [0.1, 0.15) is 19.3 Å². The van der Waals surface area contributed by atoms with E-state index in [2.05, 4.69) is 5.32 Å². The molecule has 0 bridgehead atoms. The van der Waals surface area contributed by atoms with E-state index in [-0.39, 0.29) is 32.6 Å². The highest BCUT2D eigenvalue weighted by molar-refractivity contribution is 5.70. The van der Waals surface area contributed by atoms with Gasteiger partial charge < -0.3 is 25.7 Å². The zero-order valence-electron chi connectivity index (χ0n) is 17.0. The topological polar surface area (TPSA) is 171 Å². The molecule has 12 nitrogen and oxygen atoms in total. The predicted molar refractivity (Wildman–Crippen MR) is 106 cm³/mol. The number of aliphatic carboxylic acids is 4. The smallest absolute Gasteiger partial charge is 0.317 e. The molecule has 1 aliphatic heterocycles. The number of nitrogens with one attached hydrogen (secondary N) is 1. The van der Waals surface area contributed by atoms with Crippen molar-refractivity contribution in [2.45, 2.75) is 25.3 Å². The minimum atomic E-state index is -1.02. The van der Waals surface area contributed by atoms with Gasteiger partial charge in [-0.3, -0.25) is 33.9 Å². The van der Waals surface area contributed by atoms with E-state index in [1.54, 1.807) is 14.7 Å². The van der Waals surface area contributed by atoms with E-state index in [1.165, 1.54) is 0 Å². The molecule has 0 amide bonds. The Balaban J connectivity index is 2.89. The van der Waals surface area contributed by atoms with Crippen molar-refractivity contribution in [2.24, 2.45) is 0 Å². The van der Waals surface area contributed by atoms with Crippen molar-refractivity contribution in [2.75, 3.05) is 65.4 Å². The van der Waals surface area contributed by atoms with Crippen molar-refractivity contribution < 1.29 is 39.6 Å². The Morgan fingerprint density at radius 3 is 1.63 bits per heavy atom. The minimum Gasteiger partial charge on any atom is -0.481 e. The van der Waals surface area contributed by atoms with Crippen LogP contribution in [0.4, 0.5) is 0 Å². The van der Waals surface area contributed by atoms with Gasteiger partial charge >= 0.3 is 23.9 Å². The molecule has 0 saturated carbocycles. The maximum atomic E-state index is 11.2. The molecule has 1 fully saturated rings. The SMILES string of the molecule is O=C(O)CC1CN(CC(=O)O)CCCN(CC(=O)O)CCN(CC(=O)O)CCCN1. The van der Waals surface area contributed by atoms with E-state index in [9.17, 15) is 19.2 Å². The number of carboxylic acids is 4. The van der Waals surface area contributed by atoms with Crippen molar-refractivity contribution >= 4 is 23.9 Å². The third-order valence-electron chi connectivity index (χ3n) is 4.74. The van der Waals surface area contributed by atoms with Gasteiger partial charge in [-0.15, -0.1) is 0 Å². The molecule has 0 spiro atoms. The molecule has 0 aromatic carbocycles. The Labute approximate surface area is 175 Å². The molecule has 1 rings (SSSR count). The summed E-state index contributed by atoms with van der Waals surface area (Å²) in [6.07, 6.45) is 0.903. The van der Waals surface area contributed by atoms with Crippen LogP contribution >= 0.6 is 0 Å². The second kappa shape index (κ2) is 13.9. The third kappa shape index (κ3) is 12.3. The summed E-state index contributed by atoms with van der Waals surface area (Å²) in [5.41, 5.74) is 0. The summed E-state index contributed by atoms with van der Waals surface area (Å²) in [5, 5.41) is 39.7. The number of rotatable bonds is 8. The van der Waals surface area contributed by atoms with Crippen molar-refractivity contribution in [1.82, 2.24) is 20.0 Å². The van der Waals surface area contributed by atoms with Gasteiger partial charge in [0.15, 0.2) is 0 Å². The van der Waals surface area contributed by atoms with Gasteiger partial charge in [0, 0.05) is 38.8 Å². The van der Waals surface area contributed by atoms with Crippen LogP contribution in [0.25, 0.3) is 0 Å². The Kier molecular flexibility index (Phi) is 11.9. The molecule has 1 saturated heterocycles. The fraction of sp³-hybridized carbons (Fsp3) is 0.778. The third-order valence-corrected chi connectivity index (χ3v) is 4.74. The van der Waals surface area contributed by atoms with Gasteiger partial charge in [-0.25, -0.2) is 0 Å². The van der Waals surface area contributed by atoms with E-state index in [0.717, 1.165) is 0 Å². The standard InChI is InChI=1S/C18H32N4O8/c23-15(24)9-14-10-22(13-18(29)30)6-2-5-21(12-17(27)28)8-7-20(11-16(25)26)4-1-3-19-14/h14,19H,1-13H2,(H,23,24)(H,25,26)(H,27,28)(H,29,30). The summed E-state index contributed by atoms with van der Waals surface area (Å²) < 4.78 is 0. The number of nitrogens with zero attached hydrogens (tertiary/aromatic N) is 3. The highest BCUT2D eigenvalue weighted by atomic mass is 16.4. The van der Waals surface area contributed by atoms with Crippen molar-refractivity contribution in [3.8, 4) is 0 Å². The monoisotopic (exact) mass is 432 g/mol. The van der Waals surface area contributed by atoms with Crippen molar-refractivity contribution in [3.63, 3.8) is 0 Å². The molecule has 0 radical (unpaired) electrons. The van der Waals surface area contributed by atoms with Crippen LogP contribution < -0.4 is 5.32 Å². The summed E-state index contributed by atoms with van der Waals surface area (Å²) in [7, 11) is 0. The molecule has 0 aliphatic carbocycles. The van der Waals surface area contributed by atoms with Crippen molar-refractivity contribution in [1.29, 1.82) is 0 Å². The zero-order chi connectivity index (χ0) is 22.5. The van der Waals surface area contributed by atoms with Gasteiger partial charge in [-0.2, -0.15) is 0 Å². The Morgan fingerprint density at radius 1 is 0.667 bits per heavy atom. The van der Waals surface area contributed by atoms with Crippen LogP contribution in [-0.2, 0) is 19.2 Å². The molecular formula is C18H32N4O8. The Hall–Kier alpha value is -2.28. The molecule has 1 atom stereocenters. The first-order chi connectivity index (χ1) is 14.2. The second-order valence-corrected chi connectivity index (χ2v) is 7.42. The molecule has 1 unspecified atom stereocenters. The number of hydrogen-bond acceptors (Lipinski definition) is 8. The first-order valence-electron chi connectivity index (χ1n) is 9.93. The lowest BCUT2D eigenvalue weighted by atomic mass is 10.1. The Morgan fingerprint density at radius 2 is 1.13 bits per heavy atom.